The van der Waals surface area contributed by atoms with Crippen molar-refractivity contribution in [2.45, 2.75) is 38.5 Å². The third-order valence-corrected chi connectivity index (χ3v) is 3.26. The highest BCUT2D eigenvalue weighted by Gasteiger charge is 2.22. The first kappa shape index (κ1) is 12.6. The molecule has 2 rings (SSSR count). The molecule has 1 aliphatic rings. The molecule has 3 nitrogen and oxygen atoms in total. The Morgan fingerprint density at radius 1 is 1.41 bits per heavy atom. The van der Waals surface area contributed by atoms with E-state index in [9.17, 15) is 5.11 Å². The van der Waals surface area contributed by atoms with Crippen molar-refractivity contribution in [3.8, 4) is 0 Å². The fourth-order valence-electron chi connectivity index (χ4n) is 2.38. The standard InChI is InChI=1S/C14H21NO2/c1-10-5-3-4-6-13(10)14(16)7-12-9-17-8-11(2)15-12/h3-6,11-12,14-16H,7-9H2,1-2H3. The average molecular weight is 235 g/mol. The van der Waals surface area contributed by atoms with Crippen molar-refractivity contribution in [2.24, 2.45) is 0 Å². The van der Waals surface area contributed by atoms with Gasteiger partial charge in [-0.25, -0.2) is 0 Å². The van der Waals surface area contributed by atoms with E-state index in [0.29, 0.717) is 19.1 Å². The quantitative estimate of drug-likeness (QED) is 0.839. The zero-order valence-electron chi connectivity index (χ0n) is 10.5. The molecule has 1 fully saturated rings. The summed E-state index contributed by atoms with van der Waals surface area (Å²) in [5.41, 5.74) is 2.16. The van der Waals surface area contributed by atoms with Gasteiger partial charge >= 0.3 is 0 Å². The predicted octanol–water partition coefficient (Wildman–Crippen LogP) is 1.80. The van der Waals surface area contributed by atoms with Crippen molar-refractivity contribution in [3.05, 3.63) is 35.4 Å². The summed E-state index contributed by atoms with van der Waals surface area (Å²) in [5.74, 6) is 0. The molecule has 17 heavy (non-hydrogen) atoms. The van der Waals surface area contributed by atoms with Crippen LogP contribution in [0.2, 0.25) is 0 Å². The molecule has 1 heterocycles. The number of benzene rings is 1. The lowest BCUT2D eigenvalue weighted by Crippen LogP contribution is -2.47. The van der Waals surface area contributed by atoms with Gasteiger partial charge in [0.25, 0.3) is 0 Å². The van der Waals surface area contributed by atoms with Gasteiger partial charge in [-0.3, -0.25) is 0 Å². The monoisotopic (exact) mass is 235 g/mol. The van der Waals surface area contributed by atoms with Gasteiger partial charge < -0.3 is 15.2 Å². The van der Waals surface area contributed by atoms with E-state index in [1.54, 1.807) is 0 Å². The van der Waals surface area contributed by atoms with Crippen LogP contribution in [0, 0.1) is 6.92 Å². The molecule has 0 spiro atoms. The normalized spacial score (nSPS) is 26.8. The van der Waals surface area contributed by atoms with E-state index in [2.05, 4.69) is 12.2 Å². The average Bonchev–Trinajstić information content (AvgIpc) is 2.29. The van der Waals surface area contributed by atoms with Gasteiger partial charge in [0.05, 0.1) is 19.3 Å². The smallest absolute Gasteiger partial charge is 0.0808 e. The van der Waals surface area contributed by atoms with E-state index < -0.39 is 6.10 Å². The van der Waals surface area contributed by atoms with Gasteiger partial charge in [-0.05, 0) is 31.4 Å². The third-order valence-electron chi connectivity index (χ3n) is 3.26. The van der Waals surface area contributed by atoms with Crippen LogP contribution in [0.5, 0.6) is 0 Å². The molecule has 0 bridgehead atoms. The Morgan fingerprint density at radius 3 is 2.88 bits per heavy atom. The van der Waals surface area contributed by atoms with Gasteiger partial charge in [0, 0.05) is 12.1 Å². The van der Waals surface area contributed by atoms with Gasteiger partial charge in [-0.2, -0.15) is 0 Å². The summed E-state index contributed by atoms with van der Waals surface area (Å²) in [4.78, 5) is 0. The van der Waals surface area contributed by atoms with Gasteiger partial charge in [0.15, 0.2) is 0 Å². The first-order chi connectivity index (χ1) is 8.16. The maximum atomic E-state index is 10.2. The Bertz CT molecular complexity index is 367. The molecule has 1 aliphatic heterocycles. The minimum absolute atomic E-state index is 0.244. The summed E-state index contributed by atoms with van der Waals surface area (Å²) in [6.07, 6.45) is 0.289. The van der Waals surface area contributed by atoms with E-state index in [4.69, 9.17) is 4.74 Å². The van der Waals surface area contributed by atoms with E-state index in [-0.39, 0.29) is 6.04 Å². The lowest BCUT2D eigenvalue weighted by atomic mass is 9.97. The highest BCUT2D eigenvalue weighted by Crippen LogP contribution is 2.22. The van der Waals surface area contributed by atoms with Crippen LogP contribution in [0.3, 0.4) is 0 Å². The molecule has 0 amide bonds. The number of hydrogen-bond donors (Lipinski definition) is 2. The zero-order valence-corrected chi connectivity index (χ0v) is 10.5. The summed E-state index contributed by atoms with van der Waals surface area (Å²) in [6, 6.07) is 8.61. The molecule has 94 valence electrons. The van der Waals surface area contributed by atoms with Crippen LogP contribution < -0.4 is 5.32 Å². The molecule has 3 atom stereocenters. The van der Waals surface area contributed by atoms with Crippen molar-refractivity contribution >= 4 is 0 Å². The van der Waals surface area contributed by atoms with Crippen LogP contribution in [0.25, 0.3) is 0 Å². The molecule has 0 aromatic heterocycles. The minimum atomic E-state index is -0.414. The van der Waals surface area contributed by atoms with Gasteiger partial charge in [0.2, 0.25) is 0 Å². The molecule has 0 saturated carbocycles. The van der Waals surface area contributed by atoms with Gasteiger partial charge in [-0.1, -0.05) is 24.3 Å². The highest BCUT2D eigenvalue weighted by atomic mass is 16.5. The second-order valence-corrected chi connectivity index (χ2v) is 4.91. The number of aryl methyl sites for hydroxylation is 1. The minimum Gasteiger partial charge on any atom is -0.388 e. The Morgan fingerprint density at radius 2 is 2.18 bits per heavy atom. The highest BCUT2D eigenvalue weighted by molar-refractivity contribution is 5.27. The van der Waals surface area contributed by atoms with Crippen molar-refractivity contribution in [3.63, 3.8) is 0 Å². The number of rotatable bonds is 3. The second kappa shape index (κ2) is 5.63. The van der Waals surface area contributed by atoms with Crippen LogP contribution in [0.4, 0.5) is 0 Å². The van der Waals surface area contributed by atoms with Crippen LogP contribution in [-0.2, 0) is 4.74 Å². The number of hydrogen-bond acceptors (Lipinski definition) is 3. The molecule has 1 aromatic carbocycles. The van der Waals surface area contributed by atoms with Crippen LogP contribution in [0.15, 0.2) is 24.3 Å². The Hall–Kier alpha value is -0.900. The zero-order chi connectivity index (χ0) is 12.3. The van der Waals surface area contributed by atoms with Crippen molar-refractivity contribution < 1.29 is 9.84 Å². The van der Waals surface area contributed by atoms with E-state index in [0.717, 1.165) is 17.7 Å². The molecule has 0 aliphatic carbocycles. The summed E-state index contributed by atoms with van der Waals surface area (Å²) in [6.45, 7) is 5.59. The number of aliphatic hydroxyl groups is 1. The summed E-state index contributed by atoms with van der Waals surface area (Å²) in [5, 5.41) is 13.7. The largest absolute Gasteiger partial charge is 0.388 e. The molecular formula is C14H21NO2. The Balaban J connectivity index is 1.97. The maximum Gasteiger partial charge on any atom is 0.0808 e. The van der Waals surface area contributed by atoms with Gasteiger partial charge in [-0.15, -0.1) is 0 Å². The molecule has 1 aromatic rings. The first-order valence-corrected chi connectivity index (χ1v) is 6.24. The molecule has 3 unspecified atom stereocenters. The van der Waals surface area contributed by atoms with E-state index in [1.807, 2.05) is 31.2 Å². The molecular weight excluding hydrogens is 214 g/mol. The maximum absolute atomic E-state index is 10.2. The lowest BCUT2D eigenvalue weighted by molar-refractivity contribution is 0.0303. The van der Waals surface area contributed by atoms with Crippen LogP contribution in [-0.4, -0.2) is 30.4 Å². The van der Waals surface area contributed by atoms with Crippen molar-refractivity contribution in [1.82, 2.24) is 5.32 Å². The molecule has 3 heteroatoms. The molecule has 1 saturated heterocycles. The fourth-order valence-corrected chi connectivity index (χ4v) is 2.38. The second-order valence-electron chi connectivity index (χ2n) is 4.91. The van der Waals surface area contributed by atoms with E-state index >= 15 is 0 Å². The molecule has 2 N–H and O–H groups in total. The topological polar surface area (TPSA) is 41.5 Å². The first-order valence-electron chi connectivity index (χ1n) is 6.24. The lowest BCUT2D eigenvalue weighted by Gasteiger charge is -2.30. The van der Waals surface area contributed by atoms with Crippen molar-refractivity contribution in [2.75, 3.05) is 13.2 Å². The number of aliphatic hydroxyl groups excluding tert-OH is 1. The summed E-state index contributed by atoms with van der Waals surface area (Å²) >= 11 is 0. The number of ether oxygens (including phenoxy) is 1. The summed E-state index contributed by atoms with van der Waals surface area (Å²) in [7, 11) is 0. The third kappa shape index (κ3) is 3.28. The van der Waals surface area contributed by atoms with Gasteiger partial charge in [0.1, 0.15) is 0 Å². The summed E-state index contributed by atoms with van der Waals surface area (Å²) < 4.78 is 5.49. The number of morpholine rings is 1. The Labute approximate surface area is 103 Å². The molecule has 0 radical (unpaired) electrons. The SMILES string of the molecule is Cc1ccccc1C(O)CC1COCC(C)N1. The fraction of sp³-hybridized carbons (Fsp3) is 0.571. The van der Waals surface area contributed by atoms with E-state index in [1.165, 1.54) is 0 Å². The van der Waals surface area contributed by atoms with Crippen molar-refractivity contribution in [1.29, 1.82) is 0 Å². The Kier molecular flexibility index (Phi) is 4.15. The predicted molar refractivity (Wildman–Crippen MR) is 68.0 cm³/mol. The van der Waals surface area contributed by atoms with Crippen LogP contribution >= 0.6 is 0 Å². The number of nitrogens with one attached hydrogen (secondary N) is 1. The van der Waals surface area contributed by atoms with Crippen LogP contribution in [0.1, 0.15) is 30.6 Å².